The van der Waals surface area contributed by atoms with E-state index in [0.29, 0.717) is 26.5 Å². The van der Waals surface area contributed by atoms with Gasteiger partial charge in [0.25, 0.3) is 0 Å². The fourth-order valence-electron chi connectivity index (χ4n) is 2.69. The summed E-state index contributed by atoms with van der Waals surface area (Å²) in [6, 6.07) is 11.5. The number of methoxy groups -OCH3 is 2. The van der Waals surface area contributed by atoms with Gasteiger partial charge in [-0.15, -0.1) is 0 Å². The lowest BCUT2D eigenvalue weighted by Gasteiger charge is -2.10. The monoisotopic (exact) mass is 449 g/mol. The van der Waals surface area contributed by atoms with Gasteiger partial charge in [-0.1, -0.05) is 15.9 Å². The summed E-state index contributed by atoms with van der Waals surface area (Å²) >= 11 is 3.29. The first-order chi connectivity index (χ1) is 12.8. The van der Waals surface area contributed by atoms with E-state index in [4.69, 9.17) is 9.47 Å². The van der Waals surface area contributed by atoms with E-state index in [1.54, 1.807) is 36.4 Å². The quantitative estimate of drug-likeness (QED) is 0.551. The fraction of sp³-hybridized carbons (Fsp3) is 0.158. The van der Waals surface area contributed by atoms with Crippen LogP contribution in [0.2, 0.25) is 0 Å². The van der Waals surface area contributed by atoms with E-state index in [9.17, 15) is 13.2 Å². The van der Waals surface area contributed by atoms with Crippen molar-refractivity contribution < 1.29 is 22.7 Å². The molecule has 0 fully saturated rings. The van der Waals surface area contributed by atoms with Crippen LogP contribution in [0.1, 0.15) is 15.9 Å². The summed E-state index contributed by atoms with van der Waals surface area (Å²) in [6.45, 7) is 0. The van der Waals surface area contributed by atoms with E-state index in [1.165, 1.54) is 26.5 Å². The second-order valence-electron chi connectivity index (χ2n) is 5.80. The number of pyridine rings is 1. The van der Waals surface area contributed by atoms with Crippen LogP contribution in [0, 0.1) is 0 Å². The lowest BCUT2D eigenvalue weighted by Crippen LogP contribution is -2.07. The predicted octanol–water partition coefficient (Wildman–Crippen LogP) is 3.77. The molecule has 0 atom stereocenters. The molecule has 1 heterocycles. The van der Waals surface area contributed by atoms with Crippen molar-refractivity contribution in [2.75, 3.05) is 14.2 Å². The zero-order chi connectivity index (χ0) is 19.6. The Kier molecular flexibility index (Phi) is 5.48. The third kappa shape index (κ3) is 4.12. The van der Waals surface area contributed by atoms with Gasteiger partial charge in [0.05, 0.1) is 31.1 Å². The van der Waals surface area contributed by atoms with Crippen LogP contribution in [-0.2, 0) is 20.3 Å². The lowest BCUT2D eigenvalue weighted by molar-refractivity contribution is 0.0601. The zero-order valence-corrected chi connectivity index (χ0v) is 17.0. The Morgan fingerprint density at radius 1 is 1.11 bits per heavy atom. The number of ether oxygens (including phenoxy) is 2. The van der Waals surface area contributed by atoms with E-state index in [0.717, 1.165) is 0 Å². The van der Waals surface area contributed by atoms with E-state index < -0.39 is 15.8 Å². The van der Waals surface area contributed by atoms with Crippen LogP contribution < -0.4 is 4.74 Å². The zero-order valence-electron chi connectivity index (χ0n) is 14.6. The Hall–Kier alpha value is -2.45. The number of carbonyl (C=O) groups excluding carboxylic acids is 1. The Morgan fingerprint density at radius 3 is 2.59 bits per heavy atom. The highest BCUT2D eigenvalue weighted by molar-refractivity contribution is 9.10. The number of fused-ring (bicyclic) bond motifs is 1. The number of sulfone groups is 1. The highest BCUT2D eigenvalue weighted by atomic mass is 79.9. The lowest BCUT2D eigenvalue weighted by atomic mass is 10.1. The molecule has 1 aromatic heterocycles. The van der Waals surface area contributed by atoms with Crippen LogP contribution in [-0.4, -0.2) is 33.6 Å². The number of carbonyl (C=O) groups is 1. The minimum absolute atomic E-state index is 0.0998. The van der Waals surface area contributed by atoms with E-state index in [1.807, 2.05) is 0 Å². The first-order valence-corrected chi connectivity index (χ1v) is 10.3. The SMILES string of the molecule is COC(=O)c1ccc2ncc(CS(=O)(=O)c3cc(Br)ccc3OC)cc2c1. The summed E-state index contributed by atoms with van der Waals surface area (Å²) in [7, 11) is -0.935. The maximum Gasteiger partial charge on any atom is 0.337 e. The van der Waals surface area contributed by atoms with Crippen molar-refractivity contribution in [3.05, 3.63) is 64.3 Å². The van der Waals surface area contributed by atoms with Crippen molar-refractivity contribution in [1.82, 2.24) is 4.98 Å². The minimum atomic E-state index is -3.66. The van der Waals surface area contributed by atoms with Gasteiger partial charge in [0.15, 0.2) is 9.84 Å². The number of hydrogen-bond donors (Lipinski definition) is 0. The average Bonchev–Trinajstić information content (AvgIpc) is 2.66. The molecule has 6 nitrogen and oxygen atoms in total. The van der Waals surface area contributed by atoms with Gasteiger partial charge in [0.1, 0.15) is 10.6 Å². The second kappa shape index (κ2) is 7.66. The molecule has 0 bridgehead atoms. The van der Waals surface area contributed by atoms with Crippen LogP contribution in [0.3, 0.4) is 0 Å². The van der Waals surface area contributed by atoms with Crippen LogP contribution in [0.15, 0.2) is 58.0 Å². The molecule has 0 aliphatic heterocycles. The number of rotatable bonds is 5. The standard InChI is InChI=1S/C19H16BrNO5S/c1-25-17-6-4-15(20)9-18(17)27(23,24)11-12-7-14-8-13(19(22)26-2)3-5-16(14)21-10-12/h3-10H,11H2,1-2H3. The third-order valence-corrected chi connectivity index (χ3v) is 6.17. The van der Waals surface area contributed by atoms with Gasteiger partial charge < -0.3 is 9.47 Å². The Labute approximate surface area is 165 Å². The van der Waals surface area contributed by atoms with Gasteiger partial charge in [-0.2, -0.15) is 0 Å². The normalized spacial score (nSPS) is 11.4. The molecule has 0 N–H and O–H groups in total. The Balaban J connectivity index is 2.00. The third-order valence-electron chi connectivity index (χ3n) is 3.98. The second-order valence-corrected chi connectivity index (χ2v) is 8.67. The maximum atomic E-state index is 12.9. The first kappa shape index (κ1) is 19.3. The van der Waals surface area contributed by atoms with Gasteiger partial charge >= 0.3 is 5.97 Å². The smallest absolute Gasteiger partial charge is 0.337 e. The number of nitrogens with zero attached hydrogens (tertiary/aromatic N) is 1. The van der Waals surface area contributed by atoms with Crippen LogP contribution in [0.4, 0.5) is 0 Å². The molecule has 0 aliphatic carbocycles. The molecule has 0 radical (unpaired) electrons. The molecule has 3 aromatic rings. The van der Waals surface area contributed by atoms with Crippen LogP contribution >= 0.6 is 15.9 Å². The van der Waals surface area contributed by atoms with Crippen molar-refractivity contribution in [1.29, 1.82) is 0 Å². The van der Waals surface area contributed by atoms with Gasteiger partial charge in [-0.3, -0.25) is 4.98 Å². The summed E-state index contributed by atoms with van der Waals surface area (Å²) in [5.74, 6) is -0.431. The molecule has 0 saturated carbocycles. The number of benzene rings is 2. The summed E-state index contributed by atoms with van der Waals surface area (Å²) in [5.41, 5.74) is 1.54. The van der Waals surface area contributed by atoms with Crippen molar-refractivity contribution in [2.24, 2.45) is 0 Å². The summed E-state index contributed by atoms with van der Waals surface area (Å²) in [6.07, 6.45) is 1.52. The Morgan fingerprint density at radius 2 is 1.89 bits per heavy atom. The summed E-state index contributed by atoms with van der Waals surface area (Å²) in [4.78, 5) is 16.1. The molecule has 3 rings (SSSR count). The molecular formula is C19H16BrNO5S. The molecule has 27 heavy (non-hydrogen) atoms. The van der Waals surface area contributed by atoms with E-state index in [-0.39, 0.29) is 16.4 Å². The summed E-state index contributed by atoms with van der Waals surface area (Å²) < 4.78 is 36.3. The first-order valence-electron chi connectivity index (χ1n) is 7.87. The van der Waals surface area contributed by atoms with Crippen molar-refractivity contribution in [3.8, 4) is 5.75 Å². The van der Waals surface area contributed by atoms with Gasteiger partial charge in [-0.25, -0.2) is 13.2 Å². The average molecular weight is 450 g/mol. The van der Waals surface area contributed by atoms with Crippen molar-refractivity contribution >= 4 is 42.6 Å². The highest BCUT2D eigenvalue weighted by Crippen LogP contribution is 2.30. The molecule has 2 aromatic carbocycles. The van der Waals surface area contributed by atoms with Crippen molar-refractivity contribution in [3.63, 3.8) is 0 Å². The topological polar surface area (TPSA) is 82.6 Å². The largest absolute Gasteiger partial charge is 0.495 e. The summed E-state index contributed by atoms with van der Waals surface area (Å²) in [5, 5.41) is 0.659. The predicted molar refractivity (Wildman–Crippen MR) is 105 cm³/mol. The molecule has 0 amide bonds. The van der Waals surface area contributed by atoms with Gasteiger partial charge in [-0.05, 0) is 48.0 Å². The molecule has 0 saturated heterocycles. The number of halogens is 1. The highest BCUT2D eigenvalue weighted by Gasteiger charge is 2.21. The van der Waals surface area contributed by atoms with E-state index in [2.05, 4.69) is 20.9 Å². The van der Waals surface area contributed by atoms with Crippen molar-refractivity contribution in [2.45, 2.75) is 10.6 Å². The van der Waals surface area contributed by atoms with Gasteiger partial charge in [0, 0.05) is 16.1 Å². The maximum absolute atomic E-state index is 12.9. The Bertz CT molecular complexity index is 1130. The van der Waals surface area contributed by atoms with Crippen LogP contribution in [0.5, 0.6) is 5.75 Å². The molecule has 0 aliphatic rings. The fourth-order valence-corrected chi connectivity index (χ4v) is 4.72. The molecular weight excluding hydrogens is 434 g/mol. The van der Waals surface area contributed by atoms with Crippen LogP contribution in [0.25, 0.3) is 10.9 Å². The van der Waals surface area contributed by atoms with Gasteiger partial charge in [0.2, 0.25) is 0 Å². The molecule has 0 spiro atoms. The number of aromatic nitrogens is 1. The molecule has 140 valence electrons. The van der Waals surface area contributed by atoms with E-state index >= 15 is 0 Å². The molecule has 8 heteroatoms. The minimum Gasteiger partial charge on any atom is -0.495 e. The number of hydrogen-bond acceptors (Lipinski definition) is 6. The molecule has 0 unspecified atom stereocenters. The number of esters is 1.